The first-order valence-electron chi connectivity index (χ1n) is 2.81. The number of thiol groups is 1. The molecule has 0 bridgehead atoms. The summed E-state index contributed by atoms with van der Waals surface area (Å²) in [5.41, 5.74) is 0. The molecule has 0 aromatic heterocycles. The van der Waals surface area contributed by atoms with Crippen LogP contribution in [-0.4, -0.2) is 25.1 Å². The standard InChI is InChI=1S/C5H9F3OS/c6-5(7,8)1-2-9-3-4-10/h10H,1-4H2. The molecule has 0 atom stereocenters. The van der Waals surface area contributed by atoms with E-state index in [1.807, 2.05) is 0 Å². The quantitative estimate of drug-likeness (QED) is 0.505. The van der Waals surface area contributed by atoms with Crippen molar-refractivity contribution in [1.29, 1.82) is 0 Å². The number of alkyl halides is 3. The predicted molar refractivity (Wildman–Crippen MR) is 35.3 cm³/mol. The topological polar surface area (TPSA) is 9.23 Å². The van der Waals surface area contributed by atoms with E-state index in [2.05, 4.69) is 17.4 Å². The second-order valence-electron chi connectivity index (χ2n) is 1.70. The highest BCUT2D eigenvalue weighted by Crippen LogP contribution is 2.18. The molecule has 0 rings (SSSR count). The van der Waals surface area contributed by atoms with Crippen molar-refractivity contribution in [3.05, 3.63) is 0 Å². The van der Waals surface area contributed by atoms with Gasteiger partial charge in [0.2, 0.25) is 0 Å². The van der Waals surface area contributed by atoms with Crippen molar-refractivity contribution < 1.29 is 17.9 Å². The van der Waals surface area contributed by atoms with Gasteiger partial charge in [-0.15, -0.1) is 0 Å². The average Bonchev–Trinajstić information content (AvgIpc) is 1.78. The second-order valence-corrected chi connectivity index (χ2v) is 2.15. The SMILES string of the molecule is FC(F)(F)CCOCCS. The van der Waals surface area contributed by atoms with Crippen LogP contribution in [0.5, 0.6) is 0 Å². The number of hydrogen-bond acceptors (Lipinski definition) is 2. The Bertz CT molecular complexity index is 83.5. The van der Waals surface area contributed by atoms with Crippen LogP contribution in [-0.2, 0) is 4.74 Å². The van der Waals surface area contributed by atoms with Crippen molar-refractivity contribution in [2.75, 3.05) is 19.0 Å². The van der Waals surface area contributed by atoms with E-state index in [1.165, 1.54) is 0 Å². The van der Waals surface area contributed by atoms with Gasteiger partial charge in [-0.3, -0.25) is 0 Å². The molecule has 1 nitrogen and oxygen atoms in total. The first-order chi connectivity index (χ1) is 4.56. The lowest BCUT2D eigenvalue weighted by Gasteiger charge is -2.05. The molecule has 62 valence electrons. The van der Waals surface area contributed by atoms with Crippen LogP contribution in [0, 0.1) is 0 Å². The Morgan fingerprint density at radius 2 is 1.80 bits per heavy atom. The fourth-order valence-corrected chi connectivity index (χ4v) is 0.484. The number of rotatable bonds is 4. The van der Waals surface area contributed by atoms with Gasteiger partial charge in [-0.1, -0.05) is 0 Å². The molecule has 0 saturated heterocycles. The van der Waals surface area contributed by atoms with Crippen LogP contribution in [0.15, 0.2) is 0 Å². The lowest BCUT2D eigenvalue weighted by molar-refractivity contribution is -0.144. The molecule has 0 N–H and O–H groups in total. The van der Waals surface area contributed by atoms with Crippen molar-refractivity contribution in [3.8, 4) is 0 Å². The van der Waals surface area contributed by atoms with Crippen molar-refractivity contribution >= 4 is 12.6 Å². The van der Waals surface area contributed by atoms with Gasteiger partial charge >= 0.3 is 6.18 Å². The summed E-state index contributed by atoms with van der Waals surface area (Å²) >= 11 is 3.76. The summed E-state index contributed by atoms with van der Waals surface area (Å²) in [7, 11) is 0. The molecule has 0 aromatic carbocycles. The summed E-state index contributed by atoms with van der Waals surface area (Å²) < 4.78 is 38.7. The molecule has 5 heteroatoms. The van der Waals surface area contributed by atoms with Gasteiger partial charge in [0, 0.05) is 5.75 Å². The van der Waals surface area contributed by atoms with Gasteiger partial charge in [0.15, 0.2) is 0 Å². The minimum Gasteiger partial charge on any atom is -0.380 e. The second kappa shape index (κ2) is 4.85. The van der Waals surface area contributed by atoms with Crippen LogP contribution in [0.1, 0.15) is 6.42 Å². The third-order valence-corrected chi connectivity index (χ3v) is 0.948. The van der Waals surface area contributed by atoms with E-state index in [0.29, 0.717) is 5.75 Å². The highest BCUT2D eigenvalue weighted by atomic mass is 32.1. The zero-order valence-electron chi connectivity index (χ0n) is 5.32. The fraction of sp³-hybridized carbons (Fsp3) is 1.00. The summed E-state index contributed by atoms with van der Waals surface area (Å²) in [6.07, 6.45) is -4.97. The first-order valence-corrected chi connectivity index (χ1v) is 3.45. The molecule has 0 fully saturated rings. The van der Waals surface area contributed by atoms with Gasteiger partial charge in [0.05, 0.1) is 19.6 Å². The van der Waals surface area contributed by atoms with Crippen LogP contribution in [0.4, 0.5) is 13.2 Å². The van der Waals surface area contributed by atoms with Gasteiger partial charge in [-0.05, 0) is 0 Å². The summed E-state index contributed by atoms with van der Waals surface area (Å²) in [6.45, 7) is 0.0171. The maximum atomic E-state index is 11.4. The maximum absolute atomic E-state index is 11.4. The van der Waals surface area contributed by atoms with Crippen LogP contribution in [0.25, 0.3) is 0 Å². The molecule has 0 aliphatic rings. The molecule has 0 heterocycles. The molecule has 0 radical (unpaired) electrons. The van der Waals surface area contributed by atoms with E-state index in [-0.39, 0.29) is 13.2 Å². The lowest BCUT2D eigenvalue weighted by Crippen LogP contribution is -2.12. The van der Waals surface area contributed by atoms with Gasteiger partial charge < -0.3 is 4.74 Å². The molecule has 0 amide bonds. The summed E-state index contributed by atoms with van der Waals surface area (Å²) in [5.74, 6) is 0.456. The van der Waals surface area contributed by atoms with Crippen LogP contribution in [0.3, 0.4) is 0 Å². The predicted octanol–water partition coefficient (Wildman–Crippen LogP) is 1.89. The first kappa shape index (κ1) is 10.1. The molecule has 0 unspecified atom stereocenters. The Balaban J connectivity index is 3.04. The highest BCUT2D eigenvalue weighted by molar-refractivity contribution is 7.80. The van der Waals surface area contributed by atoms with E-state index in [4.69, 9.17) is 0 Å². The third kappa shape index (κ3) is 8.10. The van der Waals surface area contributed by atoms with Crippen molar-refractivity contribution in [3.63, 3.8) is 0 Å². The Labute approximate surface area is 63.0 Å². The molecular formula is C5H9F3OS. The van der Waals surface area contributed by atoms with E-state index >= 15 is 0 Å². The lowest BCUT2D eigenvalue weighted by atomic mass is 10.4. The largest absolute Gasteiger partial charge is 0.391 e. The van der Waals surface area contributed by atoms with Gasteiger partial charge in [-0.25, -0.2) is 0 Å². The van der Waals surface area contributed by atoms with Crippen molar-refractivity contribution in [2.45, 2.75) is 12.6 Å². The number of hydrogen-bond donors (Lipinski definition) is 1. The summed E-state index contributed by atoms with van der Waals surface area (Å²) in [4.78, 5) is 0. The maximum Gasteiger partial charge on any atom is 0.391 e. The molecule has 0 spiro atoms. The minimum atomic E-state index is -4.10. The Hall–Kier alpha value is 0.100. The van der Waals surface area contributed by atoms with Crippen molar-refractivity contribution in [1.82, 2.24) is 0 Å². The molecule has 0 aliphatic heterocycles. The molecular weight excluding hydrogens is 165 g/mol. The van der Waals surface area contributed by atoms with Gasteiger partial charge in [-0.2, -0.15) is 25.8 Å². The zero-order chi connectivity index (χ0) is 8.04. The van der Waals surface area contributed by atoms with Gasteiger partial charge in [0.1, 0.15) is 0 Å². The van der Waals surface area contributed by atoms with Crippen molar-refractivity contribution in [2.24, 2.45) is 0 Å². The smallest absolute Gasteiger partial charge is 0.380 e. The average molecular weight is 174 g/mol. The zero-order valence-corrected chi connectivity index (χ0v) is 6.21. The van der Waals surface area contributed by atoms with Crippen LogP contribution >= 0.6 is 12.6 Å². The van der Waals surface area contributed by atoms with Gasteiger partial charge in [0.25, 0.3) is 0 Å². The minimum absolute atomic E-state index is 0.260. The Morgan fingerprint density at radius 3 is 2.20 bits per heavy atom. The Morgan fingerprint density at radius 1 is 1.20 bits per heavy atom. The Kier molecular flexibility index (Phi) is 4.89. The number of halogens is 3. The molecule has 0 aliphatic carbocycles. The summed E-state index contributed by atoms with van der Waals surface area (Å²) in [6, 6.07) is 0. The summed E-state index contributed by atoms with van der Waals surface area (Å²) in [5, 5.41) is 0. The van der Waals surface area contributed by atoms with E-state index in [0.717, 1.165) is 0 Å². The third-order valence-electron chi connectivity index (χ3n) is 0.765. The molecule has 0 aromatic rings. The van der Waals surface area contributed by atoms with Crippen LogP contribution < -0.4 is 0 Å². The molecule has 0 saturated carbocycles. The number of ether oxygens (including phenoxy) is 1. The molecule has 10 heavy (non-hydrogen) atoms. The van der Waals surface area contributed by atoms with E-state index < -0.39 is 12.6 Å². The van der Waals surface area contributed by atoms with E-state index in [1.54, 1.807) is 0 Å². The monoisotopic (exact) mass is 174 g/mol. The van der Waals surface area contributed by atoms with Crippen LogP contribution in [0.2, 0.25) is 0 Å². The fourth-order valence-electron chi connectivity index (χ4n) is 0.355. The normalized spacial score (nSPS) is 12.0. The highest BCUT2D eigenvalue weighted by Gasteiger charge is 2.26. The van der Waals surface area contributed by atoms with E-state index in [9.17, 15) is 13.2 Å².